The van der Waals surface area contributed by atoms with Gasteiger partial charge in [-0.3, -0.25) is 4.99 Å². The van der Waals surface area contributed by atoms with E-state index in [9.17, 15) is 4.39 Å². The molecule has 8 heteroatoms. The highest BCUT2D eigenvalue weighted by Gasteiger charge is 2.21. The van der Waals surface area contributed by atoms with Gasteiger partial charge in [0, 0.05) is 59.1 Å². The number of rotatable bonds is 10. The molecule has 0 aliphatic carbocycles. The lowest BCUT2D eigenvalue weighted by atomic mass is 10.1. The summed E-state index contributed by atoms with van der Waals surface area (Å²) in [6.07, 6.45) is 5.94. The quantitative estimate of drug-likeness (QED) is 0.356. The van der Waals surface area contributed by atoms with Gasteiger partial charge in [-0.2, -0.15) is 5.10 Å². The molecule has 0 saturated carbocycles. The lowest BCUT2D eigenvalue weighted by Crippen LogP contribution is -2.47. The van der Waals surface area contributed by atoms with Crippen LogP contribution in [0.3, 0.4) is 0 Å². The van der Waals surface area contributed by atoms with Crippen LogP contribution in [0.1, 0.15) is 31.9 Å². The third-order valence-corrected chi connectivity index (χ3v) is 5.29. The van der Waals surface area contributed by atoms with Crippen LogP contribution in [0, 0.1) is 5.82 Å². The normalized spacial score (nSPS) is 15.5. The van der Waals surface area contributed by atoms with Crippen molar-refractivity contribution < 1.29 is 13.9 Å². The lowest BCUT2D eigenvalue weighted by Gasteiger charge is -2.34. The summed E-state index contributed by atoms with van der Waals surface area (Å²) in [6.45, 7) is 6.99. The maximum Gasteiger partial charge on any atom is 0.193 e. The number of aliphatic imine (C=N–C) groups is 1. The van der Waals surface area contributed by atoms with E-state index in [1.165, 1.54) is 12.1 Å². The van der Waals surface area contributed by atoms with E-state index in [1.54, 1.807) is 23.9 Å². The fourth-order valence-electron chi connectivity index (χ4n) is 3.62. The van der Waals surface area contributed by atoms with Gasteiger partial charge in [0.25, 0.3) is 0 Å². The smallest absolute Gasteiger partial charge is 0.193 e. The van der Waals surface area contributed by atoms with Crippen LogP contribution in [0.4, 0.5) is 4.39 Å². The minimum atomic E-state index is -0.247. The van der Waals surface area contributed by atoms with Gasteiger partial charge in [0.05, 0.1) is 17.5 Å². The topological polar surface area (TPSA) is 63.9 Å². The Balaban J connectivity index is 1.47. The summed E-state index contributed by atoms with van der Waals surface area (Å²) in [7, 11) is 1.72. The molecule has 1 aromatic heterocycles. The number of methoxy groups -OCH3 is 1. The van der Waals surface area contributed by atoms with Gasteiger partial charge in [-0.25, -0.2) is 9.07 Å². The molecule has 0 radical (unpaired) electrons. The molecular weight excluding hydrogens is 397 g/mol. The van der Waals surface area contributed by atoms with Crippen molar-refractivity contribution in [3.63, 3.8) is 0 Å². The van der Waals surface area contributed by atoms with Gasteiger partial charge in [0.15, 0.2) is 5.96 Å². The molecule has 0 unspecified atom stereocenters. The molecular formula is C23H34FN5O2. The van der Waals surface area contributed by atoms with Crippen LogP contribution in [-0.2, 0) is 15.9 Å². The Labute approximate surface area is 184 Å². The molecule has 1 fully saturated rings. The van der Waals surface area contributed by atoms with Crippen molar-refractivity contribution in [3.05, 3.63) is 48.0 Å². The summed E-state index contributed by atoms with van der Waals surface area (Å²) in [4.78, 5) is 7.13. The Morgan fingerprint density at radius 2 is 1.97 bits per heavy atom. The molecule has 0 spiro atoms. The Kier molecular flexibility index (Phi) is 9.30. The lowest BCUT2D eigenvalue weighted by molar-refractivity contribution is 0.00991. The van der Waals surface area contributed by atoms with E-state index in [0.29, 0.717) is 12.6 Å². The standard InChI is InChI=1S/C23H34FN5O2/c1-3-25-23(28-14-11-22(12-15-28)31-18-4-17-30-2)26-13-9-20-10-16-29(27-20)21-7-5-19(24)6-8-21/h5-8,10,16,22H,3-4,9,11-15,17-18H2,1-2H3,(H,25,26). The van der Waals surface area contributed by atoms with Crippen molar-refractivity contribution in [1.29, 1.82) is 0 Å². The number of likely N-dealkylation sites (tertiary alicyclic amines) is 1. The van der Waals surface area contributed by atoms with Crippen molar-refractivity contribution in [3.8, 4) is 5.69 Å². The third-order valence-electron chi connectivity index (χ3n) is 5.29. The van der Waals surface area contributed by atoms with Crippen LogP contribution in [0.2, 0.25) is 0 Å². The first-order chi connectivity index (χ1) is 15.2. The molecule has 0 amide bonds. The van der Waals surface area contributed by atoms with Gasteiger partial charge in [-0.1, -0.05) is 0 Å². The number of aromatic nitrogens is 2. The fraction of sp³-hybridized carbons (Fsp3) is 0.565. The van der Waals surface area contributed by atoms with Crippen molar-refractivity contribution in [2.75, 3.05) is 46.5 Å². The average molecular weight is 432 g/mol. The Bertz CT molecular complexity index is 801. The Hall–Kier alpha value is -2.45. The zero-order valence-electron chi connectivity index (χ0n) is 18.6. The van der Waals surface area contributed by atoms with Crippen LogP contribution in [-0.4, -0.2) is 73.2 Å². The highest BCUT2D eigenvalue weighted by Crippen LogP contribution is 2.14. The van der Waals surface area contributed by atoms with E-state index < -0.39 is 0 Å². The fourth-order valence-corrected chi connectivity index (χ4v) is 3.62. The molecule has 31 heavy (non-hydrogen) atoms. The first-order valence-corrected chi connectivity index (χ1v) is 11.1. The molecule has 0 atom stereocenters. The Morgan fingerprint density at radius 1 is 1.19 bits per heavy atom. The highest BCUT2D eigenvalue weighted by atomic mass is 19.1. The van der Waals surface area contributed by atoms with Gasteiger partial charge in [-0.05, 0) is 56.5 Å². The van der Waals surface area contributed by atoms with E-state index in [1.807, 2.05) is 12.3 Å². The average Bonchev–Trinajstić information content (AvgIpc) is 3.26. The van der Waals surface area contributed by atoms with Crippen molar-refractivity contribution in [2.24, 2.45) is 4.99 Å². The van der Waals surface area contributed by atoms with E-state index in [0.717, 1.165) is 75.9 Å². The predicted molar refractivity (Wildman–Crippen MR) is 120 cm³/mol. The number of nitrogens with zero attached hydrogens (tertiary/aromatic N) is 4. The van der Waals surface area contributed by atoms with Crippen LogP contribution in [0.15, 0.2) is 41.5 Å². The maximum atomic E-state index is 13.1. The molecule has 1 N–H and O–H groups in total. The second-order valence-electron chi connectivity index (χ2n) is 7.62. The number of nitrogens with one attached hydrogen (secondary N) is 1. The number of benzene rings is 1. The van der Waals surface area contributed by atoms with E-state index >= 15 is 0 Å². The summed E-state index contributed by atoms with van der Waals surface area (Å²) in [5.41, 5.74) is 1.81. The summed E-state index contributed by atoms with van der Waals surface area (Å²) in [5, 5.41) is 7.99. The monoisotopic (exact) mass is 431 g/mol. The van der Waals surface area contributed by atoms with E-state index in [4.69, 9.17) is 14.5 Å². The number of hydrogen-bond acceptors (Lipinski definition) is 4. The second-order valence-corrected chi connectivity index (χ2v) is 7.62. The molecule has 1 aromatic carbocycles. The number of halogens is 1. The summed E-state index contributed by atoms with van der Waals surface area (Å²) in [5.74, 6) is 0.710. The van der Waals surface area contributed by atoms with Crippen LogP contribution in [0.25, 0.3) is 5.69 Å². The van der Waals surface area contributed by atoms with Crippen LogP contribution in [0.5, 0.6) is 0 Å². The number of hydrogen-bond donors (Lipinski definition) is 1. The van der Waals surface area contributed by atoms with Gasteiger partial charge >= 0.3 is 0 Å². The number of ether oxygens (including phenoxy) is 2. The Morgan fingerprint density at radius 3 is 2.68 bits per heavy atom. The van der Waals surface area contributed by atoms with Gasteiger partial charge in [-0.15, -0.1) is 0 Å². The third kappa shape index (κ3) is 7.33. The predicted octanol–water partition coefficient (Wildman–Crippen LogP) is 3.04. The summed E-state index contributed by atoms with van der Waals surface area (Å²) < 4.78 is 25.9. The molecule has 7 nitrogen and oxygen atoms in total. The minimum Gasteiger partial charge on any atom is -0.385 e. The number of guanidine groups is 1. The molecule has 0 bridgehead atoms. The minimum absolute atomic E-state index is 0.247. The van der Waals surface area contributed by atoms with Crippen molar-refractivity contribution >= 4 is 5.96 Å². The number of piperidine rings is 1. The molecule has 1 aliphatic rings. The zero-order valence-corrected chi connectivity index (χ0v) is 18.6. The highest BCUT2D eigenvalue weighted by molar-refractivity contribution is 5.80. The molecule has 1 aliphatic heterocycles. The first kappa shape index (κ1) is 23.2. The molecule has 3 rings (SSSR count). The molecule has 170 valence electrons. The molecule has 2 heterocycles. The molecule has 2 aromatic rings. The van der Waals surface area contributed by atoms with Gasteiger partial charge < -0.3 is 19.7 Å². The van der Waals surface area contributed by atoms with Crippen molar-refractivity contribution in [2.45, 2.75) is 38.7 Å². The van der Waals surface area contributed by atoms with E-state index in [-0.39, 0.29) is 5.82 Å². The van der Waals surface area contributed by atoms with Crippen molar-refractivity contribution in [1.82, 2.24) is 20.0 Å². The summed E-state index contributed by atoms with van der Waals surface area (Å²) >= 11 is 0. The maximum absolute atomic E-state index is 13.1. The first-order valence-electron chi connectivity index (χ1n) is 11.1. The summed E-state index contributed by atoms with van der Waals surface area (Å²) in [6, 6.07) is 8.31. The SMILES string of the molecule is CCNC(=NCCc1ccn(-c2ccc(F)cc2)n1)N1CCC(OCCCOC)CC1. The van der Waals surface area contributed by atoms with Gasteiger partial charge in [0.2, 0.25) is 0 Å². The van der Waals surface area contributed by atoms with Crippen LogP contribution < -0.4 is 5.32 Å². The largest absolute Gasteiger partial charge is 0.385 e. The molecule has 1 saturated heterocycles. The second kappa shape index (κ2) is 12.4. The van der Waals surface area contributed by atoms with E-state index in [2.05, 4.69) is 22.2 Å². The van der Waals surface area contributed by atoms with Crippen LogP contribution >= 0.6 is 0 Å². The van der Waals surface area contributed by atoms with Gasteiger partial charge in [0.1, 0.15) is 5.82 Å². The zero-order chi connectivity index (χ0) is 21.9.